The molecule has 2 aliphatic rings. The van der Waals surface area contributed by atoms with E-state index >= 15 is 0 Å². The zero-order valence-corrected chi connectivity index (χ0v) is 16.0. The summed E-state index contributed by atoms with van der Waals surface area (Å²) in [5.41, 5.74) is 3.31. The lowest BCUT2D eigenvalue weighted by atomic mass is 9.93. The molecule has 0 spiro atoms. The Balaban J connectivity index is 1.22. The summed E-state index contributed by atoms with van der Waals surface area (Å²) >= 11 is 0. The molecule has 2 aromatic heterocycles. The van der Waals surface area contributed by atoms with Crippen LogP contribution in [0.15, 0.2) is 60.9 Å². The number of fused-ring (bicyclic) bond motifs is 2. The predicted octanol–water partition coefficient (Wildman–Crippen LogP) is 3.22. The molecule has 1 aromatic carbocycles. The first-order chi connectivity index (χ1) is 13.8. The van der Waals surface area contributed by atoms with Crippen LogP contribution in [0.5, 0.6) is 0 Å². The Morgan fingerprint density at radius 1 is 1.14 bits per heavy atom. The van der Waals surface area contributed by atoms with Gasteiger partial charge >= 0.3 is 0 Å². The molecule has 0 saturated carbocycles. The van der Waals surface area contributed by atoms with E-state index in [4.69, 9.17) is 0 Å². The van der Waals surface area contributed by atoms with Crippen LogP contribution in [0, 0.1) is 5.92 Å². The molecule has 4 heterocycles. The van der Waals surface area contributed by atoms with Crippen molar-refractivity contribution in [3.63, 3.8) is 0 Å². The highest BCUT2D eigenvalue weighted by Gasteiger charge is 2.46. The van der Waals surface area contributed by atoms with E-state index < -0.39 is 0 Å². The third kappa shape index (κ3) is 3.20. The number of carbonyl (C=O) groups is 1. The number of amides is 1. The van der Waals surface area contributed by atoms with E-state index in [-0.39, 0.29) is 11.8 Å². The van der Waals surface area contributed by atoms with Crippen LogP contribution in [-0.4, -0.2) is 39.3 Å². The number of benzene rings is 1. The number of imidazole rings is 1. The summed E-state index contributed by atoms with van der Waals surface area (Å²) in [7, 11) is 0. The molecule has 28 heavy (non-hydrogen) atoms. The van der Waals surface area contributed by atoms with Gasteiger partial charge in [-0.15, -0.1) is 0 Å². The van der Waals surface area contributed by atoms with Crippen LogP contribution in [0.1, 0.15) is 36.6 Å². The first-order valence-corrected chi connectivity index (χ1v) is 10.3. The molecule has 5 rings (SSSR count). The van der Waals surface area contributed by atoms with Crippen molar-refractivity contribution in [3.05, 3.63) is 72.2 Å². The molecule has 144 valence electrons. The number of rotatable bonds is 5. The van der Waals surface area contributed by atoms with E-state index in [1.54, 1.807) is 0 Å². The highest BCUT2D eigenvalue weighted by Crippen LogP contribution is 2.44. The van der Waals surface area contributed by atoms with Gasteiger partial charge < -0.3 is 9.72 Å². The summed E-state index contributed by atoms with van der Waals surface area (Å²) in [4.78, 5) is 20.1. The normalized spacial score (nSPS) is 24.5. The molecule has 5 nitrogen and oxygen atoms in total. The number of hydrogen-bond acceptors (Lipinski definition) is 3. The van der Waals surface area contributed by atoms with E-state index in [0.29, 0.717) is 18.6 Å². The number of carbonyl (C=O) groups excluding carboxylic acids is 1. The Kier molecular flexibility index (Phi) is 4.61. The van der Waals surface area contributed by atoms with E-state index in [1.807, 2.05) is 35.0 Å². The van der Waals surface area contributed by atoms with E-state index in [9.17, 15) is 4.79 Å². The molecule has 3 aromatic rings. The number of aromatic nitrogens is 2. The molecule has 0 unspecified atom stereocenters. The van der Waals surface area contributed by atoms with Crippen LogP contribution >= 0.6 is 0 Å². The fraction of sp³-hybridized carbons (Fsp3) is 0.391. The Morgan fingerprint density at radius 2 is 2.00 bits per heavy atom. The van der Waals surface area contributed by atoms with Crippen molar-refractivity contribution in [2.75, 3.05) is 13.1 Å². The van der Waals surface area contributed by atoms with Crippen LogP contribution in [0.2, 0.25) is 0 Å². The van der Waals surface area contributed by atoms with Crippen molar-refractivity contribution in [1.29, 1.82) is 0 Å². The van der Waals surface area contributed by atoms with Crippen LogP contribution < -0.4 is 5.32 Å². The molecule has 0 bridgehead atoms. The fourth-order valence-electron chi connectivity index (χ4n) is 5.00. The average molecular weight is 374 g/mol. The molecule has 3 atom stereocenters. The minimum Gasteiger partial charge on any atom is -0.355 e. The smallest absolute Gasteiger partial charge is 0.224 e. The monoisotopic (exact) mass is 374 g/mol. The molecule has 5 heteroatoms. The zero-order valence-electron chi connectivity index (χ0n) is 16.0. The second-order valence-corrected chi connectivity index (χ2v) is 7.96. The summed E-state index contributed by atoms with van der Waals surface area (Å²) in [6.45, 7) is 1.75. The van der Waals surface area contributed by atoms with Crippen LogP contribution in [0.3, 0.4) is 0 Å². The lowest BCUT2D eigenvalue weighted by Crippen LogP contribution is -2.38. The fourth-order valence-corrected chi connectivity index (χ4v) is 5.00. The molecular weight excluding hydrogens is 348 g/mol. The zero-order chi connectivity index (χ0) is 18.9. The highest BCUT2D eigenvalue weighted by atomic mass is 16.2. The molecule has 0 radical (unpaired) electrons. The maximum atomic E-state index is 13.0. The van der Waals surface area contributed by atoms with E-state index in [0.717, 1.165) is 37.1 Å². The van der Waals surface area contributed by atoms with Gasteiger partial charge in [-0.3, -0.25) is 9.69 Å². The first-order valence-electron chi connectivity index (χ1n) is 10.3. The van der Waals surface area contributed by atoms with Gasteiger partial charge in [0.05, 0.1) is 11.6 Å². The number of hydrogen-bond donors (Lipinski definition) is 1. The van der Waals surface area contributed by atoms with Crippen LogP contribution in [0.4, 0.5) is 0 Å². The average Bonchev–Trinajstić information content (AvgIpc) is 3.43. The van der Waals surface area contributed by atoms with Gasteiger partial charge in [-0.1, -0.05) is 36.4 Å². The van der Waals surface area contributed by atoms with Gasteiger partial charge in [0.1, 0.15) is 5.65 Å². The van der Waals surface area contributed by atoms with Crippen molar-refractivity contribution < 1.29 is 4.79 Å². The molecule has 1 N–H and O–H groups in total. The SMILES string of the molecule is O=C(NCCc1cn2ccccc2n1)[C@H]1C[C@@H](c2ccccc2)N2CCC[C@H]12. The second-order valence-electron chi connectivity index (χ2n) is 7.96. The molecular formula is C23H26N4O. The Morgan fingerprint density at radius 3 is 2.86 bits per heavy atom. The van der Waals surface area contributed by atoms with Crippen molar-refractivity contribution >= 4 is 11.6 Å². The second kappa shape index (κ2) is 7.40. The Labute approximate surface area is 165 Å². The van der Waals surface area contributed by atoms with Crippen molar-refractivity contribution in [2.45, 2.75) is 37.8 Å². The third-order valence-corrected chi connectivity index (χ3v) is 6.30. The third-order valence-electron chi connectivity index (χ3n) is 6.30. The molecule has 2 fully saturated rings. The van der Waals surface area contributed by atoms with Crippen LogP contribution in [-0.2, 0) is 11.2 Å². The maximum absolute atomic E-state index is 13.0. The number of nitrogens with zero attached hydrogens (tertiary/aromatic N) is 3. The Hall–Kier alpha value is -2.66. The van der Waals surface area contributed by atoms with Gasteiger partial charge in [0, 0.05) is 37.4 Å². The van der Waals surface area contributed by atoms with Gasteiger partial charge in [0.2, 0.25) is 5.91 Å². The minimum atomic E-state index is 0.0915. The first kappa shape index (κ1) is 17.4. The van der Waals surface area contributed by atoms with Gasteiger partial charge in [-0.05, 0) is 43.5 Å². The number of nitrogens with one attached hydrogen (secondary N) is 1. The largest absolute Gasteiger partial charge is 0.355 e. The maximum Gasteiger partial charge on any atom is 0.224 e. The summed E-state index contributed by atoms with van der Waals surface area (Å²) in [6, 6.07) is 17.4. The lowest BCUT2D eigenvalue weighted by Gasteiger charge is -2.24. The van der Waals surface area contributed by atoms with E-state index in [1.165, 1.54) is 12.0 Å². The van der Waals surface area contributed by atoms with Crippen molar-refractivity contribution in [2.24, 2.45) is 5.92 Å². The predicted molar refractivity (Wildman–Crippen MR) is 109 cm³/mol. The van der Waals surface area contributed by atoms with Crippen LogP contribution in [0.25, 0.3) is 5.65 Å². The van der Waals surface area contributed by atoms with Gasteiger partial charge in [-0.2, -0.15) is 0 Å². The number of pyridine rings is 1. The molecule has 2 saturated heterocycles. The minimum absolute atomic E-state index is 0.0915. The van der Waals surface area contributed by atoms with Gasteiger partial charge in [-0.25, -0.2) is 4.98 Å². The van der Waals surface area contributed by atoms with Crippen molar-refractivity contribution in [3.8, 4) is 0 Å². The quantitative estimate of drug-likeness (QED) is 0.746. The summed E-state index contributed by atoms with van der Waals surface area (Å²) < 4.78 is 2.02. The highest BCUT2D eigenvalue weighted by molar-refractivity contribution is 5.80. The summed E-state index contributed by atoms with van der Waals surface area (Å²) in [5.74, 6) is 0.299. The molecule has 0 aliphatic carbocycles. The van der Waals surface area contributed by atoms with Crippen molar-refractivity contribution in [1.82, 2.24) is 19.6 Å². The standard InChI is InChI=1S/C23H26N4O/c28-23(24-12-11-18-16-26-13-5-4-10-22(26)25-18)19-15-21(17-7-2-1-3-8-17)27-14-6-9-20(19)27/h1-5,7-8,10,13,16,19-21H,6,9,11-12,14-15H2,(H,24,28)/t19-,20+,21-/m0/s1. The molecule has 2 aliphatic heterocycles. The summed E-state index contributed by atoms with van der Waals surface area (Å²) in [6.07, 6.45) is 8.06. The Bertz CT molecular complexity index is 934. The summed E-state index contributed by atoms with van der Waals surface area (Å²) in [5, 5.41) is 3.19. The van der Waals surface area contributed by atoms with Gasteiger partial charge in [0.15, 0.2) is 0 Å². The molecule has 1 amide bonds. The van der Waals surface area contributed by atoms with E-state index in [2.05, 4.69) is 45.5 Å². The lowest BCUT2D eigenvalue weighted by molar-refractivity contribution is -0.125. The topological polar surface area (TPSA) is 49.6 Å². The van der Waals surface area contributed by atoms with Gasteiger partial charge in [0.25, 0.3) is 0 Å².